The van der Waals surface area contributed by atoms with Gasteiger partial charge in [0.1, 0.15) is 5.76 Å². The Bertz CT molecular complexity index is 390. The van der Waals surface area contributed by atoms with Gasteiger partial charge in [-0.05, 0) is 6.07 Å². The number of hydrogen-bond acceptors (Lipinski definition) is 4. The van der Waals surface area contributed by atoms with Crippen LogP contribution in [0.4, 0.5) is 5.88 Å². The Morgan fingerprint density at radius 3 is 3.38 bits per heavy atom. The number of aromatic nitrogens is 1. The molecule has 3 rings (SSSR count). The van der Waals surface area contributed by atoms with Gasteiger partial charge in [0.25, 0.3) is 0 Å². The highest BCUT2D eigenvalue weighted by Gasteiger charge is 2.17. The van der Waals surface area contributed by atoms with E-state index in [9.17, 15) is 0 Å². The van der Waals surface area contributed by atoms with Crippen LogP contribution in [0.3, 0.4) is 0 Å². The first-order valence-corrected chi connectivity index (χ1v) is 4.16. The summed E-state index contributed by atoms with van der Waals surface area (Å²) in [6.45, 7) is 0.722. The van der Waals surface area contributed by atoms with Crippen molar-refractivity contribution in [3.63, 3.8) is 0 Å². The van der Waals surface area contributed by atoms with Crippen LogP contribution in [0, 0.1) is 0 Å². The Hall–Kier alpha value is -1.71. The van der Waals surface area contributed by atoms with Crippen molar-refractivity contribution in [3.8, 4) is 0 Å². The lowest BCUT2D eigenvalue weighted by Crippen LogP contribution is -1.96. The molecule has 3 heterocycles. The second-order valence-electron chi connectivity index (χ2n) is 3.08. The summed E-state index contributed by atoms with van der Waals surface area (Å²) < 4.78 is 10.4. The molecule has 0 atom stereocenters. The molecule has 4 nitrogen and oxygen atoms in total. The van der Waals surface area contributed by atoms with Crippen LogP contribution in [0.1, 0.15) is 16.9 Å². The zero-order valence-corrected chi connectivity index (χ0v) is 6.91. The normalized spacial score (nSPS) is 14.2. The molecular weight excluding hydrogens is 168 g/mol. The van der Waals surface area contributed by atoms with Gasteiger partial charge in [-0.3, -0.25) is 0 Å². The minimum absolute atomic E-state index is 0.722. The monoisotopic (exact) mass is 176 g/mol. The van der Waals surface area contributed by atoms with Crippen LogP contribution in [0.25, 0.3) is 0 Å². The van der Waals surface area contributed by atoms with Crippen LogP contribution in [0.2, 0.25) is 0 Å². The predicted molar refractivity (Wildman–Crippen MR) is 45.3 cm³/mol. The number of furan rings is 1. The molecule has 0 saturated heterocycles. The molecule has 13 heavy (non-hydrogen) atoms. The lowest BCUT2D eigenvalue weighted by atomic mass is 10.1. The fourth-order valence-electron chi connectivity index (χ4n) is 1.55. The van der Waals surface area contributed by atoms with E-state index in [4.69, 9.17) is 8.94 Å². The van der Waals surface area contributed by atoms with Gasteiger partial charge in [-0.2, -0.15) is 0 Å². The molecule has 2 aromatic rings. The van der Waals surface area contributed by atoms with Crippen molar-refractivity contribution in [2.75, 3.05) is 5.32 Å². The largest absolute Gasteiger partial charge is 0.449 e. The van der Waals surface area contributed by atoms with Gasteiger partial charge in [0.05, 0.1) is 12.5 Å². The van der Waals surface area contributed by atoms with E-state index < -0.39 is 0 Å². The Kier molecular flexibility index (Phi) is 1.24. The van der Waals surface area contributed by atoms with Crippen LogP contribution in [0.15, 0.2) is 27.5 Å². The lowest BCUT2D eigenvalue weighted by Gasteiger charge is -1.97. The standard InChI is InChI=1S/C9H8N2O2/c1-2-12-9-6(1)3-8-7(4-10-9)5-11-13-8/h1-2,5,10H,3-4H2. The van der Waals surface area contributed by atoms with E-state index in [1.165, 1.54) is 0 Å². The highest BCUT2D eigenvalue weighted by atomic mass is 16.5. The number of anilines is 1. The molecule has 1 aliphatic rings. The second-order valence-corrected chi connectivity index (χ2v) is 3.08. The maximum Gasteiger partial charge on any atom is 0.196 e. The van der Waals surface area contributed by atoms with Gasteiger partial charge in [0.15, 0.2) is 5.88 Å². The first-order chi connectivity index (χ1) is 6.43. The van der Waals surface area contributed by atoms with E-state index in [2.05, 4.69) is 10.5 Å². The summed E-state index contributed by atoms with van der Waals surface area (Å²) in [5, 5.41) is 6.94. The van der Waals surface area contributed by atoms with Crippen LogP contribution >= 0.6 is 0 Å². The molecule has 0 saturated carbocycles. The van der Waals surface area contributed by atoms with Crippen molar-refractivity contribution >= 4 is 5.88 Å². The van der Waals surface area contributed by atoms with Gasteiger partial charge in [0, 0.05) is 24.1 Å². The minimum atomic E-state index is 0.722. The maximum atomic E-state index is 5.26. The number of nitrogens with zero attached hydrogens (tertiary/aromatic N) is 1. The molecule has 1 aliphatic heterocycles. The zero-order valence-electron chi connectivity index (χ0n) is 6.91. The van der Waals surface area contributed by atoms with E-state index in [0.717, 1.165) is 35.7 Å². The first-order valence-electron chi connectivity index (χ1n) is 4.16. The SMILES string of the molecule is c1cc2c(o1)NCc1cnoc1C2. The fourth-order valence-corrected chi connectivity index (χ4v) is 1.55. The van der Waals surface area contributed by atoms with E-state index in [-0.39, 0.29) is 0 Å². The third-order valence-electron chi connectivity index (χ3n) is 2.27. The number of nitrogens with one attached hydrogen (secondary N) is 1. The van der Waals surface area contributed by atoms with Gasteiger partial charge in [0.2, 0.25) is 0 Å². The third kappa shape index (κ3) is 0.950. The van der Waals surface area contributed by atoms with Gasteiger partial charge in [-0.25, -0.2) is 0 Å². The zero-order chi connectivity index (χ0) is 8.67. The molecule has 1 N–H and O–H groups in total. The molecule has 0 amide bonds. The van der Waals surface area contributed by atoms with Crippen molar-refractivity contribution in [3.05, 3.63) is 35.4 Å². The van der Waals surface area contributed by atoms with Crippen molar-refractivity contribution in [1.29, 1.82) is 0 Å². The van der Waals surface area contributed by atoms with Gasteiger partial charge < -0.3 is 14.3 Å². The molecule has 0 bridgehead atoms. The van der Waals surface area contributed by atoms with Crippen LogP contribution < -0.4 is 5.32 Å². The molecular formula is C9H8N2O2. The average molecular weight is 176 g/mol. The van der Waals surface area contributed by atoms with Crippen LogP contribution in [-0.4, -0.2) is 5.16 Å². The summed E-state index contributed by atoms with van der Waals surface area (Å²) in [5.74, 6) is 1.76. The molecule has 0 spiro atoms. The fraction of sp³-hybridized carbons (Fsp3) is 0.222. The van der Waals surface area contributed by atoms with Crippen molar-refractivity contribution in [2.45, 2.75) is 13.0 Å². The van der Waals surface area contributed by atoms with Crippen molar-refractivity contribution < 1.29 is 8.94 Å². The summed E-state index contributed by atoms with van der Waals surface area (Å²) in [4.78, 5) is 0. The Balaban J connectivity index is 2.10. The van der Waals surface area contributed by atoms with Crippen molar-refractivity contribution in [1.82, 2.24) is 5.16 Å². The van der Waals surface area contributed by atoms with E-state index >= 15 is 0 Å². The smallest absolute Gasteiger partial charge is 0.196 e. The minimum Gasteiger partial charge on any atom is -0.449 e. The quantitative estimate of drug-likeness (QED) is 0.664. The first kappa shape index (κ1) is 6.77. The number of rotatable bonds is 0. The molecule has 0 fully saturated rings. The van der Waals surface area contributed by atoms with Gasteiger partial charge >= 0.3 is 0 Å². The van der Waals surface area contributed by atoms with Crippen LogP contribution in [-0.2, 0) is 13.0 Å². The third-order valence-corrected chi connectivity index (χ3v) is 2.27. The molecule has 2 aromatic heterocycles. The van der Waals surface area contributed by atoms with Crippen LogP contribution in [0.5, 0.6) is 0 Å². The lowest BCUT2D eigenvalue weighted by molar-refractivity contribution is 0.388. The second kappa shape index (κ2) is 2.39. The summed E-state index contributed by atoms with van der Waals surface area (Å²) in [5.41, 5.74) is 2.22. The van der Waals surface area contributed by atoms with E-state index in [1.54, 1.807) is 12.5 Å². The summed E-state index contributed by atoms with van der Waals surface area (Å²) >= 11 is 0. The molecule has 4 heteroatoms. The Morgan fingerprint density at radius 2 is 2.38 bits per heavy atom. The molecule has 0 radical (unpaired) electrons. The molecule has 0 aromatic carbocycles. The molecule has 0 aliphatic carbocycles. The Morgan fingerprint density at radius 1 is 1.38 bits per heavy atom. The molecule has 0 unspecified atom stereocenters. The van der Waals surface area contributed by atoms with E-state index in [0.29, 0.717) is 0 Å². The van der Waals surface area contributed by atoms with Crippen molar-refractivity contribution in [2.24, 2.45) is 0 Å². The van der Waals surface area contributed by atoms with Gasteiger partial charge in [-0.1, -0.05) is 5.16 Å². The highest BCUT2D eigenvalue weighted by molar-refractivity contribution is 5.46. The highest BCUT2D eigenvalue weighted by Crippen LogP contribution is 2.26. The topological polar surface area (TPSA) is 51.2 Å². The maximum absolute atomic E-state index is 5.26. The predicted octanol–water partition coefficient (Wildman–Crippen LogP) is 1.78. The van der Waals surface area contributed by atoms with E-state index in [1.807, 2.05) is 6.07 Å². The average Bonchev–Trinajstić information content (AvgIpc) is 2.72. The number of fused-ring (bicyclic) bond motifs is 2. The Labute approximate surface area is 74.5 Å². The number of hydrogen-bond donors (Lipinski definition) is 1. The summed E-state index contributed by atoms with van der Waals surface area (Å²) in [6, 6.07) is 1.94. The molecule has 66 valence electrons. The summed E-state index contributed by atoms with van der Waals surface area (Å²) in [6.07, 6.45) is 4.18. The van der Waals surface area contributed by atoms with Gasteiger partial charge in [-0.15, -0.1) is 0 Å². The summed E-state index contributed by atoms with van der Waals surface area (Å²) in [7, 11) is 0.